The zero-order valence-electron chi connectivity index (χ0n) is 11.7. The van der Waals surface area contributed by atoms with E-state index in [1.165, 1.54) is 0 Å². The van der Waals surface area contributed by atoms with Gasteiger partial charge in [-0.3, -0.25) is 4.99 Å². The smallest absolute Gasteiger partial charge is 0.0997 e. The van der Waals surface area contributed by atoms with Gasteiger partial charge in [-0.25, -0.2) is 0 Å². The molecule has 0 aromatic carbocycles. The Morgan fingerprint density at radius 2 is 1.33 bits per heavy atom. The molecule has 0 rings (SSSR count). The summed E-state index contributed by atoms with van der Waals surface area (Å²) in [4.78, 5) is 4.66. The van der Waals surface area contributed by atoms with Crippen LogP contribution in [0.15, 0.2) is 4.99 Å². The van der Waals surface area contributed by atoms with Crippen molar-refractivity contribution in [2.45, 2.75) is 67.3 Å². The first-order valence-electron chi connectivity index (χ1n) is 5.69. The molecule has 0 spiro atoms. The molecule has 2 nitrogen and oxygen atoms in total. The number of hydrogen-bond acceptors (Lipinski definition) is 1. The molecule has 0 saturated heterocycles. The van der Waals surface area contributed by atoms with Crippen LogP contribution in [-0.4, -0.2) is 11.4 Å². The number of aliphatic imine (C=N–C) groups is 1. The highest BCUT2D eigenvalue weighted by Gasteiger charge is 2.27. The Kier molecular flexibility index (Phi) is 4.00. The van der Waals surface area contributed by atoms with E-state index in [1.54, 1.807) is 0 Å². The SMILES string of the molecule is CC(C)(C)CC(C)(C)N=C(N)C(C)(C)C. The molecular weight excluding hydrogens is 184 g/mol. The Labute approximate surface area is 95.4 Å². The average Bonchev–Trinajstić information content (AvgIpc) is 1.76. The zero-order valence-corrected chi connectivity index (χ0v) is 11.7. The van der Waals surface area contributed by atoms with E-state index < -0.39 is 0 Å². The lowest BCUT2D eigenvalue weighted by atomic mass is 9.82. The number of hydrogen-bond donors (Lipinski definition) is 1. The molecule has 0 bridgehead atoms. The second-order valence-electron chi connectivity index (χ2n) is 7.30. The Balaban J connectivity index is 4.78. The third-order valence-electron chi connectivity index (χ3n) is 2.15. The Morgan fingerprint density at radius 1 is 0.933 bits per heavy atom. The van der Waals surface area contributed by atoms with Crippen LogP contribution in [0.2, 0.25) is 0 Å². The van der Waals surface area contributed by atoms with Crippen LogP contribution in [0.4, 0.5) is 0 Å². The largest absolute Gasteiger partial charge is 0.387 e. The Hall–Kier alpha value is -0.530. The topological polar surface area (TPSA) is 38.4 Å². The van der Waals surface area contributed by atoms with Gasteiger partial charge in [0.25, 0.3) is 0 Å². The van der Waals surface area contributed by atoms with Crippen molar-refractivity contribution in [1.82, 2.24) is 0 Å². The van der Waals surface area contributed by atoms with Gasteiger partial charge in [0.05, 0.1) is 11.4 Å². The molecule has 0 atom stereocenters. The van der Waals surface area contributed by atoms with Gasteiger partial charge in [-0.05, 0) is 25.7 Å². The molecular formula is C13H28N2. The lowest BCUT2D eigenvalue weighted by Gasteiger charge is -2.31. The van der Waals surface area contributed by atoms with Crippen LogP contribution in [0.1, 0.15) is 61.8 Å². The molecule has 0 saturated carbocycles. The summed E-state index contributed by atoms with van der Waals surface area (Å²) in [5.74, 6) is 0.747. The normalized spacial score (nSPS) is 15.6. The zero-order chi connectivity index (χ0) is 12.5. The van der Waals surface area contributed by atoms with Crippen molar-refractivity contribution in [3.8, 4) is 0 Å². The Morgan fingerprint density at radius 3 is 1.60 bits per heavy atom. The van der Waals surface area contributed by atoms with Gasteiger partial charge < -0.3 is 5.73 Å². The minimum absolute atomic E-state index is 0.0326. The van der Waals surface area contributed by atoms with E-state index in [4.69, 9.17) is 5.73 Å². The fourth-order valence-electron chi connectivity index (χ4n) is 1.83. The van der Waals surface area contributed by atoms with Crippen LogP contribution in [0, 0.1) is 10.8 Å². The highest BCUT2D eigenvalue weighted by molar-refractivity contribution is 5.85. The van der Waals surface area contributed by atoms with Gasteiger partial charge in [0, 0.05) is 5.41 Å². The fourth-order valence-corrected chi connectivity index (χ4v) is 1.83. The van der Waals surface area contributed by atoms with E-state index in [9.17, 15) is 0 Å². The number of rotatable bonds is 2. The molecule has 2 heteroatoms. The maximum Gasteiger partial charge on any atom is 0.0997 e. The minimum atomic E-state index is -0.0738. The van der Waals surface area contributed by atoms with Crippen molar-refractivity contribution in [3.05, 3.63) is 0 Å². The van der Waals surface area contributed by atoms with Crippen molar-refractivity contribution in [3.63, 3.8) is 0 Å². The van der Waals surface area contributed by atoms with E-state index in [1.807, 2.05) is 0 Å². The van der Waals surface area contributed by atoms with E-state index in [0.29, 0.717) is 0 Å². The summed E-state index contributed by atoms with van der Waals surface area (Å²) in [6, 6.07) is 0. The molecule has 0 fully saturated rings. The highest BCUT2D eigenvalue weighted by atomic mass is 14.9. The first kappa shape index (κ1) is 14.5. The molecule has 0 aliphatic heterocycles. The number of nitrogens with two attached hydrogens (primary N) is 1. The van der Waals surface area contributed by atoms with Gasteiger partial charge in [0.1, 0.15) is 0 Å². The number of amidine groups is 1. The minimum Gasteiger partial charge on any atom is -0.387 e. The highest BCUT2D eigenvalue weighted by Crippen LogP contribution is 2.30. The van der Waals surface area contributed by atoms with Gasteiger partial charge in [0.2, 0.25) is 0 Å². The molecule has 0 aliphatic carbocycles. The second kappa shape index (κ2) is 4.15. The van der Waals surface area contributed by atoms with Crippen molar-refractivity contribution >= 4 is 5.84 Å². The third-order valence-corrected chi connectivity index (χ3v) is 2.15. The molecule has 90 valence electrons. The van der Waals surface area contributed by atoms with E-state index in [-0.39, 0.29) is 16.4 Å². The van der Waals surface area contributed by atoms with Crippen LogP contribution < -0.4 is 5.73 Å². The van der Waals surface area contributed by atoms with Gasteiger partial charge in [-0.15, -0.1) is 0 Å². The lowest BCUT2D eigenvalue weighted by molar-refractivity contribution is 0.286. The first-order valence-corrected chi connectivity index (χ1v) is 5.69. The van der Waals surface area contributed by atoms with Crippen molar-refractivity contribution in [2.24, 2.45) is 21.6 Å². The summed E-state index contributed by atoms with van der Waals surface area (Å²) < 4.78 is 0. The van der Waals surface area contributed by atoms with Gasteiger partial charge in [-0.2, -0.15) is 0 Å². The monoisotopic (exact) mass is 212 g/mol. The summed E-state index contributed by atoms with van der Waals surface area (Å²) in [6.45, 7) is 17.3. The second-order valence-corrected chi connectivity index (χ2v) is 7.30. The lowest BCUT2D eigenvalue weighted by Crippen LogP contribution is -2.35. The fraction of sp³-hybridized carbons (Fsp3) is 0.923. The van der Waals surface area contributed by atoms with E-state index in [0.717, 1.165) is 12.3 Å². The maximum absolute atomic E-state index is 6.01. The summed E-state index contributed by atoms with van der Waals surface area (Å²) in [5.41, 5.74) is 6.18. The van der Waals surface area contributed by atoms with Crippen molar-refractivity contribution < 1.29 is 0 Å². The van der Waals surface area contributed by atoms with Crippen molar-refractivity contribution in [1.29, 1.82) is 0 Å². The summed E-state index contributed by atoms with van der Waals surface area (Å²) in [5, 5.41) is 0. The molecule has 0 aromatic rings. The number of nitrogens with zero attached hydrogens (tertiary/aromatic N) is 1. The summed E-state index contributed by atoms with van der Waals surface area (Å²) in [6.07, 6.45) is 1.04. The van der Waals surface area contributed by atoms with Crippen LogP contribution >= 0.6 is 0 Å². The van der Waals surface area contributed by atoms with E-state index in [2.05, 4.69) is 60.4 Å². The summed E-state index contributed by atoms with van der Waals surface area (Å²) in [7, 11) is 0. The molecule has 0 radical (unpaired) electrons. The molecule has 0 amide bonds. The molecule has 15 heavy (non-hydrogen) atoms. The van der Waals surface area contributed by atoms with E-state index >= 15 is 0 Å². The van der Waals surface area contributed by atoms with Gasteiger partial charge >= 0.3 is 0 Å². The van der Waals surface area contributed by atoms with Crippen LogP contribution in [0.3, 0.4) is 0 Å². The van der Waals surface area contributed by atoms with Gasteiger partial charge in [0.15, 0.2) is 0 Å². The van der Waals surface area contributed by atoms with Crippen LogP contribution in [0.25, 0.3) is 0 Å². The predicted octanol–water partition coefficient (Wildman–Crippen LogP) is 3.60. The molecule has 0 aliphatic rings. The third kappa shape index (κ3) is 6.53. The van der Waals surface area contributed by atoms with Crippen molar-refractivity contribution in [2.75, 3.05) is 0 Å². The quantitative estimate of drug-likeness (QED) is 0.551. The molecule has 2 N–H and O–H groups in total. The van der Waals surface area contributed by atoms with Gasteiger partial charge in [-0.1, -0.05) is 41.5 Å². The standard InChI is InChI=1S/C13H28N2/c1-11(2,3)9-13(7,8)15-10(14)12(4,5)6/h9H2,1-8H3,(H2,14,15). The average molecular weight is 212 g/mol. The Bertz CT molecular complexity index is 236. The van der Waals surface area contributed by atoms with Crippen LogP contribution in [-0.2, 0) is 0 Å². The maximum atomic E-state index is 6.01. The summed E-state index contributed by atoms with van der Waals surface area (Å²) >= 11 is 0. The molecule has 0 heterocycles. The van der Waals surface area contributed by atoms with Crippen LogP contribution in [0.5, 0.6) is 0 Å². The molecule has 0 aromatic heterocycles. The first-order chi connectivity index (χ1) is 6.33. The predicted molar refractivity (Wildman–Crippen MR) is 69.2 cm³/mol. The molecule has 0 unspecified atom stereocenters.